The van der Waals surface area contributed by atoms with Gasteiger partial charge in [0.2, 0.25) is 0 Å². The zero-order valence-corrected chi connectivity index (χ0v) is 9.24. The van der Waals surface area contributed by atoms with Crippen molar-refractivity contribution in [2.75, 3.05) is 7.05 Å². The SMILES string of the molecule is CNC(Cc1nccs1)c1ccnnc1. The van der Waals surface area contributed by atoms with Crippen LogP contribution in [-0.4, -0.2) is 22.2 Å². The van der Waals surface area contributed by atoms with E-state index in [4.69, 9.17) is 0 Å². The normalized spacial score (nSPS) is 12.6. The molecule has 0 aliphatic heterocycles. The highest BCUT2D eigenvalue weighted by Crippen LogP contribution is 2.17. The van der Waals surface area contributed by atoms with Gasteiger partial charge in [0.25, 0.3) is 0 Å². The van der Waals surface area contributed by atoms with Gasteiger partial charge < -0.3 is 5.32 Å². The minimum Gasteiger partial charge on any atom is -0.313 e. The van der Waals surface area contributed by atoms with Gasteiger partial charge in [-0.3, -0.25) is 0 Å². The average molecular weight is 220 g/mol. The molecule has 1 N–H and O–H groups in total. The van der Waals surface area contributed by atoms with Crippen molar-refractivity contribution in [3.8, 4) is 0 Å². The second-order valence-corrected chi connectivity index (χ2v) is 4.13. The number of likely N-dealkylation sites (N-methyl/N-ethyl adjacent to an activating group) is 1. The first-order valence-electron chi connectivity index (χ1n) is 4.72. The van der Waals surface area contributed by atoms with Gasteiger partial charge in [0.15, 0.2) is 0 Å². The van der Waals surface area contributed by atoms with Crippen LogP contribution in [0.4, 0.5) is 0 Å². The summed E-state index contributed by atoms with van der Waals surface area (Å²) in [6.07, 6.45) is 6.22. The van der Waals surface area contributed by atoms with Crippen LogP contribution in [0.1, 0.15) is 16.6 Å². The molecule has 2 aromatic heterocycles. The highest BCUT2D eigenvalue weighted by atomic mass is 32.1. The maximum atomic E-state index is 4.27. The lowest BCUT2D eigenvalue weighted by Crippen LogP contribution is -2.19. The van der Waals surface area contributed by atoms with Gasteiger partial charge in [-0.1, -0.05) is 0 Å². The Morgan fingerprint density at radius 3 is 2.93 bits per heavy atom. The molecule has 2 heterocycles. The maximum Gasteiger partial charge on any atom is 0.0943 e. The van der Waals surface area contributed by atoms with Crippen molar-refractivity contribution in [1.29, 1.82) is 0 Å². The predicted octanol–water partition coefficient (Wildman–Crippen LogP) is 1.44. The van der Waals surface area contributed by atoms with Crippen LogP contribution >= 0.6 is 11.3 Å². The van der Waals surface area contributed by atoms with Crippen molar-refractivity contribution in [1.82, 2.24) is 20.5 Å². The molecule has 4 nitrogen and oxygen atoms in total. The van der Waals surface area contributed by atoms with Gasteiger partial charge in [-0.05, 0) is 18.7 Å². The van der Waals surface area contributed by atoms with E-state index in [-0.39, 0.29) is 6.04 Å². The maximum absolute atomic E-state index is 4.27. The van der Waals surface area contributed by atoms with Gasteiger partial charge in [0, 0.05) is 30.2 Å². The van der Waals surface area contributed by atoms with Crippen LogP contribution in [0.5, 0.6) is 0 Å². The van der Waals surface area contributed by atoms with Gasteiger partial charge in [-0.15, -0.1) is 11.3 Å². The number of hydrogen-bond acceptors (Lipinski definition) is 5. The third-order valence-electron chi connectivity index (χ3n) is 2.22. The lowest BCUT2D eigenvalue weighted by Gasteiger charge is -2.13. The topological polar surface area (TPSA) is 50.7 Å². The van der Waals surface area contributed by atoms with Gasteiger partial charge in [0.1, 0.15) is 0 Å². The molecule has 0 aromatic carbocycles. The summed E-state index contributed by atoms with van der Waals surface area (Å²) in [5, 5.41) is 14.0. The molecule has 0 fully saturated rings. The summed E-state index contributed by atoms with van der Waals surface area (Å²) in [7, 11) is 1.94. The van der Waals surface area contributed by atoms with Crippen molar-refractivity contribution in [3.05, 3.63) is 40.6 Å². The second-order valence-electron chi connectivity index (χ2n) is 3.15. The van der Waals surface area contributed by atoms with E-state index in [1.807, 2.05) is 24.7 Å². The first-order chi connectivity index (χ1) is 7.40. The molecule has 15 heavy (non-hydrogen) atoms. The molecule has 0 spiro atoms. The molecular formula is C10H12N4S. The Morgan fingerprint density at radius 1 is 1.40 bits per heavy atom. The molecule has 5 heteroatoms. The average Bonchev–Trinajstić information content (AvgIpc) is 2.80. The standard InChI is InChI=1S/C10H12N4S/c1-11-9(6-10-12-4-5-15-10)8-2-3-13-14-7-8/h2-5,7,9,11H,6H2,1H3. The van der Waals surface area contributed by atoms with Crippen LogP contribution in [0, 0.1) is 0 Å². The van der Waals surface area contributed by atoms with Crippen molar-refractivity contribution in [2.45, 2.75) is 12.5 Å². The van der Waals surface area contributed by atoms with E-state index in [1.165, 1.54) is 0 Å². The van der Waals surface area contributed by atoms with E-state index >= 15 is 0 Å². The largest absolute Gasteiger partial charge is 0.313 e. The Bertz CT molecular complexity index is 387. The van der Waals surface area contributed by atoms with E-state index in [2.05, 4.69) is 20.5 Å². The minimum atomic E-state index is 0.256. The number of aromatic nitrogens is 3. The summed E-state index contributed by atoms with van der Waals surface area (Å²) in [6.45, 7) is 0. The summed E-state index contributed by atoms with van der Waals surface area (Å²) in [5.41, 5.74) is 1.14. The highest BCUT2D eigenvalue weighted by Gasteiger charge is 2.11. The smallest absolute Gasteiger partial charge is 0.0943 e. The summed E-state index contributed by atoms with van der Waals surface area (Å²) in [6, 6.07) is 2.23. The Kier molecular flexibility index (Phi) is 3.37. The van der Waals surface area contributed by atoms with Crippen LogP contribution in [0.2, 0.25) is 0 Å². The monoisotopic (exact) mass is 220 g/mol. The molecular weight excluding hydrogens is 208 g/mol. The predicted molar refractivity (Wildman–Crippen MR) is 59.7 cm³/mol. The molecule has 0 bridgehead atoms. The number of thiazole rings is 1. The lowest BCUT2D eigenvalue weighted by atomic mass is 10.1. The molecule has 78 valence electrons. The van der Waals surface area contributed by atoms with Gasteiger partial charge in [-0.25, -0.2) is 4.98 Å². The molecule has 1 unspecified atom stereocenters. The molecule has 0 radical (unpaired) electrons. The number of hydrogen-bond donors (Lipinski definition) is 1. The Morgan fingerprint density at radius 2 is 2.33 bits per heavy atom. The van der Waals surface area contributed by atoms with E-state index in [0.717, 1.165) is 17.0 Å². The summed E-state index contributed by atoms with van der Waals surface area (Å²) >= 11 is 1.67. The molecule has 2 rings (SSSR count). The van der Waals surface area contributed by atoms with Crippen molar-refractivity contribution >= 4 is 11.3 Å². The number of nitrogens with zero attached hydrogens (tertiary/aromatic N) is 3. The van der Waals surface area contributed by atoms with Crippen molar-refractivity contribution in [3.63, 3.8) is 0 Å². The first kappa shape index (κ1) is 10.2. The molecule has 1 atom stereocenters. The van der Waals surface area contributed by atoms with Gasteiger partial charge >= 0.3 is 0 Å². The van der Waals surface area contributed by atoms with E-state index < -0.39 is 0 Å². The Hall–Kier alpha value is -1.33. The molecule has 0 saturated carbocycles. The van der Waals surface area contributed by atoms with Crippen molar-refractivity contribution in [2.24, 2.45) is 0 Å². The minimum absolute atomic E-state index is 0.256. The van der Waals surface area contributed by atoms with Gasteiger partial charge in [0.05, 0.1) is 11.2 Å². The summed E-state index contributed by atoms with van der Waals surface area (Å²) in [5.74, 6) is 0. The van der Waals surface area contributed by atoms with Crippen molar-refractivity contribution < 1.29 is 0 Å². The molecule has 0 amide bonds. The van der Waals surface area contributed by atoms with Crippen LogP contribution in [0.15, 0.2) is 30.0 Å². The second kappa shape index (κ2) is 4.95. The fourth-order valence-corrected chi connectivity index (χ4v) is 2.09. The zero-order valence-electron chi connectivity index (χ0n) is 8.42. The van der Waals surface area contributed by atoms with Crippen LogP contribution in [-0.2, 0) is 6.42 Å². The third kappa shape index (κ3) is 2.57. The quantitative estimate of drug-likeness (QED) is 0.847. The number of nitrogens with one attached hydrogen (secondary N) is 1. The Labute approximate surface area is 92.4 Å². The Balaban J connectivity index is 2.12. The molecule has 0 aliphatic carbocycles. The molecule has 0 aliphatic rings. The summed E-state index contributed by atoms with van der Waals surface area (Å²) < 4.78 is 0. The van der Waals surface area contributed by atoms with E-state index in [9.17, 15) is 0 Å². The third-order valence-corrected chi connectivity index (χ3v) is 3.02. The fraction of sp³-hybridized carbons (Fsp3) is 0.300. The highest BCUT2D eigenvalue weighted by molar-refractivity contribution is 7.09. The van der Waals surface area contributed by atoms with Crippen LogP contribution < -0.4 is 5.32 Å². The summed E-state index contributed by atoms with van der Waals surface area (Å²) in [4.78, 5) is 4.27. The first-order valence-corrected chi connectivity index (χ1v) is 5.60. The fourth-order valence-electron chi connectivity index (χ4n) is 1.42. The van der Waals surface area contributed by atoms with E-state index in [0.29, 0.717) is 0 Å². The lowest BCUT2D eigenvalue weighted by molar-refractivity contribution is 0.586. The van der Waals surface area contributed by atoms with E-state index in [1.54, 1.807) is 23.7 Å². The zero-order chi connectivity index (χ0) is 10.5. The number of rotatable bonds is 4. The molecule has 0 saturated heterocycles. The van der Waals surface area contributed by atoms with Crippen LogP contribution in [0.3, 0.4) is 0 Å². The van der Waals surface area contributed by atoms with Gasteiger partial charge in [-0.2, -0.15) is 10.2 Å². The van der Waals surface area contributed by atoms with Crippen LogP contribution in [0.25, 0.3) is 0 Å². The molecule has 2 aromatic rings.